The predicted octanol–water partition coefficient (Wildman–Crippen LogP) is 7.94. The maximum absolute atomic E-state index is 14.1. The van der Waals surface area contributed by atoms with Gasteiger partial charge in [0, 0.05) is 16.8 Å². The smallest absolute Gasteiger partial charge is 0.485 e. The largest absolute Gasteiger partial charge is 0.490 e. The number of nitrogens with one attached hydrogen (secondary N) is 1. The lowest BCUT2D eigenvalue weighted by atomic mass is 9.96. The van der Waals surface area contributed by atoms with Crippen LogP contribution in [0.4, 0.5) is 32.6 Å². The Hall–Kier alpha value is -4.92. The minimum absolute atomic E-state index is 0.181. The molecule has 0 radical (unpaired) electrons. The molecule has 0 fully saturated rings. The van der Waals surface area contributed by atoms with Gasteiger partial charge in [0.25, 0.3) is 0 Å². The minimum atomic E-state index is -5.08. The number of carboxylic acid groups (broad SMARTS) is 2. The second kappa shape index (κ2) is 14.9. The van der Waals surface area contributed by atoms with Gasteiger partial charge in [-0.05, 0) is 76.1 Å². The first-order chi connectivity index (χ1) is 22.2. The first kappa shape index (κ1) is 37.5. The molecule has 1 unspecified atom stereocenters. The highest BCUT2D eigenvalue weighted by Crippen LogP contribution is 2.33. The number of halogens is 6. The average Bonchev–Trinajstić information content (AvgIpc) is 3.26. The Labute approximate surface area is 276 Å². The molecule has 16 heteroatoms. The van der Waals surface area contributed by atoms with E-state index in [2.05, 4.69) is 10.3 Å². The highest BCUT2D eigenvalue weighted by molar-refractivity contribution is 6.30. The number of aliphatic carboxylic acids is 1. The lowest BCUT2D eigenvalue weighted by Gasteiger charge is -2.39. The van der Waals surface area contributed by atoms with Gasteiger partial charge in [-0.2, -0.15) is 13.2 Å². The van der Waals surface area contributed by atoms with Crippen molar-refractivity contribution in [2.75, 3.05) is 5.32 Å². The van der Waals surface area contributed by atoms with Gasteiger partial charge in [-0.1, -0.05) is 29.8 Å². The fraction of sp³-hybridized carbons (Fsp3) is 0.312. The molecule has 4 rings (SSSR count). The second-order valence-electron chi connectivity index (χ2n) is 11.6. The number of fused-ring (bicyclic) bond motifs is 1. The summed E-state index contributed by atoms with van der Waals surface area (Å²) in [5.41, 5.74) is 1.16. The van der Waals surface area contributed by atoms with Gasteiger partial charge in [0.1, 0.15) is 24.1 Å². The summed E-state index contributed by atoms with van der Waals surface area (Å²) in [6.45, 7) is 8.43. The number of pyridine rings is 1. The lowest BCUT2D eigenvalue weighted by molar-refractivity contribution is -0.192. The highest BCUT2D eigenvalue weighted by atomic mass is 35.5. The average molecular weight is 699 g/mol. The van der Waals surface area contributed by atoms with Crippen molar-refractivity contribution in [2.45, 2.75) is 65.4 Å². The summed E-state index contributed by atoms with van der Waals surface area (Å²) < 4.78 is 67.5. The van der Waals surface area contributed by atoms with Crippen LogP contribution >= 0.6 is 11.6 Å². The maximum atomic E-state index is 14.1. The normalized spacial score (nSPS) is 12.1. The zero-order chi connectivity index (χ0) is 36.1. The van der Waals surface area contributed by atoms with Gasteiger partial charge >= 0.3 is 18.2 Å². The summed E-state index contributed by atoms with van der Waals surface area (Å²) in [5, 5.41) is 20.6. The first-order valence-electron chi connectivity index (χ1n) is 14.1. The fourth-order valence-corrected chi connectivity index (χ4v) is 4.85. The third-order valence-electron chi connectivity index (χ3n) is 6.81. The SMILES string of the molecule is Cc1cc(OCc2c(F)cccc2F)c2nc(C)c(NC(=O)CC(c3ccc(Cl)cc3)N(C(=O)O)C(C)(C)C)n2c1.O=C(O)C(F)(F)F. The summed E-state index contributed by atoms with van der Waals surface area (Å²) in [6, 6.07) is 11.2. The van der Waals surface area contributed by atoms with E-state index >= 15 is 0 Å². The number of nitrogens with zero attached hydrogens (tertiary/aromatic N) is 3. The summed E-state index contributed by atoms with van der Waals surface area (Å²) in [7, 11) is 0. The Morgan fingerprint density at radius 2 is 1.58 bits per heavy atom. The number of alkyl halides is 3. The summed E-state index contributed by atoms with van der Waals surface area (Å²) in [6.07, 6.45) is -4.68. The van der Waals surface area contributed by atoms with Crippen LogP contribution in [0.5, 0.6) is 5.75 Å². The van der Waals surface area contributed by atoms with E-state index < -0.39 is 47.4 Å². The van der Waals surface area contributed by atoms with Crippen LogP contribution in [0.2, 0.25) is 5.02 Å². The molecular formula is C32H32ClF5N4O6. The fourth-order valence-electron chi connectivity index (χ4n) is 4.72. The first-order valence-corrected chi connectivity index (χ1v) is 14.5. The molecule has 0 spiro atoms. The van der Waals surface area contributed by atoms with Gasteiger partial charge in [-0.15, -0.1) is 0 Å². The van der Waals surface area contributed by atoms with Crippen molar-refractivity contribution >= 4 is 41.0 Å². The number of anilines is 1. The molecule has 0 saturated carbocycles. The Balaban J connectivity index is 0.000000804. The number of carbonyl (C=O) groups is 3. The Morgan fingerprint density at radius 3 is 2.08 bits per heavy atom. The van der Waals surface area contributed by atoms with Gasteiger partial charge in [0.15, 0.2) is 11.4 Å². The van der Waals surface area contributed by atoms with Crippen LogP contribution in [-0.4, -0.2) is 54.2 Å². The van der Waals surface area contributed by atoms with Crippen LogP contribution in [0.15, 0.2) is 54.7 Å². The molecule has 1 atom stereocenters. The van der Waals surface area contributed by atoms with Gasteiger partial charge in [0.2, 0.25) is 5.91 Å². The number of amides is 2. The molecule has 0 aliphatic heterocycles. The van der Waals surface area contributed by atoms with Crippen LogP contribution in [0.25, 0.3) is 5.65 Å². The third-order valence-corrected chi connectivity index (χ3v) is 7.06. The molecule has 0 aliphatic rings. The second-order valence-corrected chi connectivity index (χ2v) is 12.0. The summed E-state index contributed by atoms with van der Waals surface area (Å²) in [5.74, 6) is -4.00. The van der Waals surface area contributed by atoms with E-state index in [0.717, 1.165) is 17.7 Å². The Morgan fingerprint density at radius 1 is 1.02 bits per heavy atom. The number of rotatable bonds is 8. The van der Waals surface area contributed by atoms with Crippen molar-refractivity contribution in [2.24, 2.45) is 0 Å². The van der Waals surface area contributed by atoms with Crippen LogP contribution in [0.1, 0.15) is 55.6 Å². The van der Waals surface area contributed by atoms with Crippen molar-refractivity contribution in [3.05, 3.63) is 93.8 Å². The molecule has 3 N–H and O–H groups in total. The molecule has 0 bridgehead atoms. The van der Waals surface area contributed by atoms with Crippen molar-refractivity contribution in [1.29, 1.82) is 0 Å². The number of aromatic nitrogens is 2. The number of imidazole rings is 1. The zero-order valence-electron chi connectivity index (χ0n) is 26.3. The quantitative estimate of drug-likeness (QED) is 0.159. The van der Waals surface area contributed by atoms with E-state index in [1.54, 1.807) is 68.6 Å². The van der Waals surface area contributed by atoms with E-state index in [1.165, 1.54) is 11.0 Å². The van der Waals surface area contributed by atoms with E-state index in [1.807, 2.05) is 6.92 Å². The lowest BCUT2D eigenvalue weighted by Crippen LogP contribution is -2.48. The minimum Gasteiger partial charge on any atom is -0.485 e. The number of aryl methyl sites for hydroxylation is 2. The number of hydrogen-bond donors (Lipinski definition) is 3. The molecule has 2 aromatic carbocycles. The molecule has 4 aromatic rings. The third kappa shape index (κ3) is 9.33. The van der Waals surface area contributed by atoms with Crippen LogP contribution in [0.3, 0.4) is 0 Å². The van der Waals surface area contributed by atoms with Crippen LogP contribution < -0.4 is 10.1 Å². The zero-order valence-corrected chi connectivity index (χ0v) is 27.1. The molecule has 2 aromatic heterocycles. The van der Waals surface area contributed by atoms with Gasteiger partial charge < -0.3 is 20.3 Å². The summed E-state index contributed by atoms with van der Waals surface area (Å²) in [4.78, 5) is 40.5. The number of ether oxygens (including phenoxy) is 1. The molecule has 2 amide bonds. The molecular weight excluding hydrogens is 667 g/mol. The number of carboxylic acids is 1. The van der Waals surface area contributed by atoms with E-state index in [9.17, 15) is 36.6 Å². The number of benzene rings is 2. The molecule has 0 saturated heterocycles. The Bertz CT molecular complexity index is 1790. The van der Waals surface area contributed by atoms with Crippen molar-refractivity contribution in [1.82, 2.24) is 14.3 Å². The van der Waals surface area contributed by atoms with Crippen LogP contribution in [-0.2, 0) is 16.2 Å². The van der Waals surface area contributed by atoms with E-state index in [0.29, 0.717) is 27.7 Å². The standard InChI is InChI=1S/C30H31ClF2N4O4.C2HF3O2/c1-17-13-25(41-16-21-22(32)7-6-8-23(21)33)28-34-18(2)27(36(28)15-17)35-26(38)14-24(19-9-11-20(31)12-10-19)37(29(39)40)30(3,4)5;3-2(4,5)1(6)7/h6-13,15,24H,14,16H2,1-5H3,(H,35,38)(H,39,40);(H,6,7). The van der Waals surface area contributed by atoms with Crippen molar-refractivity contribution < 1.29 is 51.3 Å². The van der Waals surface area contributed by atoms with Crippen molar-refractivity contribution in [3.8, 4) is 5.75 Å². The monoisotopic (exact) mass is 698 g/mol. The highest BCUT2D eigenvalue weighted by Gasteiger charge is 2.38. The summed E-state index contributed by atoms with van der Waals surface area (Å²) >= 11 is 6.05. The Kier molecular flexibility index (Phi) is 11.6. The maximum Gasteiger partial charge on any atom is 0.490 e. The van der Waals surface area contributed by atoms with Gasteiger partial charge in [0.05, 0.1) is 23.7 Å². The van der Waals surface area contributed by atoms with Gasteiger partial charge in [-0.25, -0.2) is 23.4 Å². The van der Waals surface area contributed by atoms with Crippen molar-refractivity contribution in [3.63, 3.8) is 0 Å². The molecule has 10 nitrogen and oxygen atoms in total. The predicted molar refractivity (Wildman–Crippen MR) is 166 cm³/mol. The number of carbonyl (C=O) groups excluding carboxylic acids is 1. The van der Waals surface area contributed by atoms with Crippen LogP contribution in [0, 0.1) is 25.5 Å². The molecule has 48 heavy (non-hydrogen) atoms. The topological polar surface area (TPSA) is 133 Å². The van der Waals surface area contributed by atoms with Gasteiger partial charge in [-0.3, -0.25) is 14.1 Å². The van der Waals surface area contributed by atoms with E-state index in [4.69, 9.17) is 26.2 Å². The molecule has 258 valence electrons. The van der Waals surface area contributed by atoms with E-state index in [-0.39, 0.29) is 24.3 Å². The number of hydrogen-bond acceptors (Lipinski definition) is 5. The molecule has 2 heterocycles. The molecule has 0 aliphatic carbocycles.